The minimum Gasteiger partial charge on any atom is -0.491 e. The Kier molecular flexibility index (Phi) is 4.31. The number of nitrogens with two attached hydrogens (primary N) is 1. The van der Waals surface area contributed by atoms with Crippen LogP contribution in [0.1, 0.15) is 11.6 Å². The fourth-order valence-electron chi connectivity index (χ4n) is 3.15. The Balaban J connectivity index is 1.43. The minimum absolute atomic E-state index is 0.154. The average Bonchev–Trinajstić information content (AvgIpc) is 3.07. The SMILES string of the molecule is NC(=NC1COc2cccc(Cl)c21)N1CCN(c2ncccn2)CC1. The number of guanidine groups is 1. The lowest BCUT2D eigenvalue weighted by Gasteiger charge is -2.35. The first kappa shape index (κ1) is 16.0. The van der Waals surface area contributed by atoms with Gasteiger partial charge in [0.1, 0.15) is 18.4 Å². The van der Waals surface area contributed by atoms with E-state index >= 15 is 0 Å². The second-order valence-corrected chi connectivity index (χ2v) is 6.40. The van der Waals surface area contributed by atoms with Crippen LogP contribution < -0.4 is 15.4 Å². The van der Waals surface area contributed by atoms with Crippen molar-refractivity contribution >= 4 is 23.5 Å². The van der Waals surface area contributed by atoms with E-state index in [-0.39, 0.29) is 6.04 Å². The minimum atomic E-state index is -0.154. The lowest BCUT2D eigenvalue weighted by molar-refractivity contribution is 0.329. The molecule has 0 spiro atoms. The van der Waals surface area contributed by atoms with Gasteiger partial charge >= 0.3 is 0 Å². The van der Waals surface area contributed by atoms with E-state index in [1.165, 1.54) is 0 Å². The van der Waals surface area contributed by atoms with Gasteiger partial charge in [-0.05, 0) is 18.2 Å². The molecule has 0 bridgehead atoms. The smallest absolute Gasteiger partial charge is 0.225 e. The van der Waals surface area contributed by atoms with Crippen molar-refractivity contribution in [2.24, 2.45) is 10.7 Å². The van der Waals surface area contributed by atoms with Gasteiger partial charge in [0.25, 0.3) is 0 Å². The summed E-state index contributed by atoms with van der Waals surface area (Å²) in [7, 11) is 0. The number of hydrogen-bond acceptors (Lipinski definition) is 5. The molecule has 0 aliphatic carbocycles. The van der Waals surface area contributed by atoms with E-state index in [0.717, 1.165) is 43.4 Å². The molecule has 8 heteroatoms. The average molecular weight is 359 g/mol. The third-order valence-electron chi connectivity index (χ3n) is 4.47. The van der Waals surface area contributed by atoms with E-state index in [9.17, 15) is 0 Å². The summed E-state index contributed by atoms with van der Waals surface area (Å²) in [6, 6.07) is 7.30. The summed E-state index contributed by atoms with van der Waals surface area (Å²) in [5.41, 5.74) is 7.17. The standard InChI is InChI=1S/C17H19ClN6O/c18-12-3-1-4-14-15(12)13(11-25-14)22-16(19)23-7-9-24(10-8-23)17-20-5-2-6-21-17/h1-6,13H,7-11H2,(H2,19,22). The van der Waals surface area contributed by atoms with Gasteiger partial charge in [-0.3, -0.25) is 0 Å². The summed E-state index contributed by atoms with van der Waals surface area (Å²) in [4.78, 5) is 17.5. The Morgan fingerprint density at radius 1 is 1.16 bits per heavy atom. The summed E-state index contributed by atoms with van der Waals surface area (Å²) in [5, 5.41) is 0.669. The first-order valence-corrected chi connectivity index (χ1v) is 8.61. The molecule has 2 aliphatic heterocycles. The molecule has 2 aromatic rings. The summed E-state index contributed by atoms with van der Waals surface area (Å²) >= 11 is 6.30. The van der Waals surface area contributed by atoms with Crippen molar-refractivity contribution < 1.29 is 4.74 Å². The van der Waals surface area contributed by atoms with Gasteiger partial charge in [-0.25, -0.2) is 15.0 Å². The number of fused-ring (bicyclic) bond motifs is 1. The van der Waals surface area contributed by atoms with Gasteiger partial charge < -0.3 is 20.3 Å². The predicted molar refractivity (Wildman–Crippen MR) is 97.1 cm³/mol. The van der Waals surface area contributed by atoms with Crippen LogP contribution in [0.4, 0.5) is 5.95 Å². The van der Waals surface area contributed by atoms with Crippen molar-refractivity contribution in [1.82, 2.24) is 14.9 Å². The summed E-state index contributed by atoms with van der Waals surface area (Å²) in [5.74, 6) is 2.07. The second-order valence-electron chi connectivity index (χ2n) is 5.99. The van der Waals surface area contributed by atoms with Gasteiger partial charge in [0.2, 0.25) is 5.95 Å². The van der Waals surface area contributed by atoms with Gasteiger partial charge in [0.15, 0.2) is 5.96 Å². The largest absolute Gasteiger partial charge is 0.491 e. The van der Waals surface area contributed by atoms with Crippen molar-refractivity contribution in [2.45, 2.75) is 6.04 Å². The number of anilines is 1. The number of aromatic nitrogens is 2. The number of benzene rings is 1. The molecular weight excluding hydrogens is 340 g/mol. The van der Waals surface area contributed by atoms with Gasteiger partial charge in [-0.1, -0.05) is 17.7 Å². The van der Waals surface area contributed by atoms with E-state index in [4.69, 9.17) is 22.1 Å². The zero-order chi connectivity index (χ0) is 17.2. The first-order chi connectivity index (χ1) is 12.2. The highest BCUT2D eigenvalue weighted by Crippen LogP contribution is 2.39. The van der Waals surface area contributed by atoms with E-state index in [1.54, 1.807) is 12.4 Å². The molecule has 1 saturated heterocycles. The Bertz CT molecular complexity index is 776. The molecule has 1 unspecified atom stereocenters. The third kappa shape index (κ3) is 3.19. The summed E-state index contributed by atoms with van der Waals surface area (Å²) in [6.07, 6.45) is 3.51. The molecule has 2 aliphatic rings. The molecule has 130 valence electrons. The van der Waals surface area contributed by atoms with Crippen molar-refractivity contribution in [1.29, 1.82) is 0 Å². The van der Waals surface area contributed by atoms with Crippen LogP contribution in [-0.4, -0.2) is 53.6 Å². The van der Waals surface area contributed by atoms with E-state index in [1.807, 2.05) is 24.3 Å². The number of aliphatic imine (C=N–C) groups is 1. The van der Waals surface area contributed by atoms with E-state index in [0.29, 0.717) is 17.6 Å². The zero-order valence-corrected chi connectivity index (χ0v) is 14.4. The maximum absolute atomic E-state index is 6.30. The van der Waals surface area contributed by atoms with Crippen molar-refractivity contribution in [3.05, 3.63) is 47.2 Å². The van der Waals surface area contributed by atoms with E-state index < -0.39 is 0 Å². The molecule has 2 N–H and O–H groups in total. The topological polar surface area (TPSA) is 79.9 Å². The highest BCUT2D eigenvalue weighted by atomic mass is 35.5. The Labute approximate surface area is 151 Å². The van der Waals surface area contributed by atoms with Crippen molar-refractivity contribution in [3.63, 3.8) is 0 Å². The molecule has 1 fully saturated rings. The van der Waals surface area contributed by atoms with Crippen molar-refractivity contribution in [2.75, 3.05) is 37.7 Å². The zero-order valence-electron chi connectivity index (χ0n) is 13.7. The predicted octanol–water partition coefficient (Wildman–Crippen LogP) is 1.70. The monoisotopic (exact) mass is 358 g/mol. The number of nitrogens with zero attached hydrogens (tertiary/aromatic N) is 5. The quantitative estimate of drug-likeness (QED) is 0.650. The van der Waals surface area contributed by atoms with Gasteiger partial charge in [0.05, 0.1) is 0 Å². The molecule has 0 saturated carbocycles. The van der Waals surface area contributed by atoms with Crippen molar-refractivity contribution in [3.8, 4) is 5.75 Å². The number of piperazine rings is 1. The maximum atomic E-state index is 6.30. The molecule has 4 rings (SSSR count). The van der Waals surface area contributed by atoms with E-state index in [2.05, 4.69) is 24.8 Å². The molecule has 7 nitrogen and oxygen atoms in total. The Morgan fingerprint density at radius 2 is 1.92 bits per heavy atom. The van der Waals surface area contributed by atoms with Crippen LogP contribution in [0, 0.1) is 0 Å². The number of halogens is 1. The summed E-state index contributed by atoms with van der Waals surface area (Å²) < 4.78 is 5.66. The summed E-state index contributed by atoms with van der Waals surface area (Å²) in [6.45, 7) is 3.63. The van der Waals surface area contributed by atoms with Crippen LogP contribution in [0.2, 0.25) is 5.02 Å². The van der Waals surface area contributed by atoms with Crippen LogP contribution >= 0.6 is 11.6 Å². The Hall–Kier alpha value is -2.54. The number of hydrogen-bond donors (Lipinski definition) is 1. The molecular formula is C17H19ClN6O. The third-order valence-corrected chi connectivity index (χ3v) is 4.80. The molecule has 1 aromatic carbocycles. The highest BCUT2D eigenvalue weighted by Gasteiger charge is 2.28. The molecule has 1 aromatic heterocycles. The fourth-order valence-corrected chi connectivity index (χ4v) is 3.44. The van der Waals surface area contributed by atoms with Gasteiger partial charge in [0, 0.05) is 49.2 Å². The molecule has 3 heterocycles. The molecule has 0 amide bonds. The van der Waals surface area contributed by atoms with Crippen LogP contribution in [0.25, 0.3) is 0 Å². The van der Waals surface area contributed by atoms with Crippen LogP contribution in [0.15, 0.2) is 41.7 Å². The normalized spacial score (nSPS) is 20.4. The number of ether oxygens (including phenoxy) is 1. The molecule has 0 radical (unpaired) electrons. The van der Waals surface area contributed by atoms with Crippen LogP contribution in [-0.2, 0) is 0 Å². The Morgan fingerprint density at radius 3 is 2.68 bits per heavy atom. The second kappa shape index (κ2) is 6.76. The fraction of sp³-hybridized carbons (Fsp3) is 0.353. The lowest BCUT2D eigenvalue weighted by atomic mass is 10.1. The van der Waals surface area contributed by atoms with Gasteiger partial charge in [-0.15, -0.1) is 0 Å². The molecule has 1 atom stereocenters. The van der Waals surface area contributed by atoms with Gasteiger partial charge in [-0.2, -0.15) is 0 Å². The van der Waals surface area contributed by atoms with Crippen LogP contribution in [0.3, 0.4) is 0 Å². The number of rotatable bonds is 2. The highest BCUT2D eigenvalue weighted by molar-refractivity contribution is 6.31. The maximum Gasteiger partial charge on any atom is 0.225 e. The van der Waals surface area contributed by atoms with Crippen LogP contribution in [0.5, 0.6) is 5.75 Å². The first-order valence-electron chi connectivity index (χ1n) is 8.24. The lowest BCUT2D eigenvalue weighted by Crippen LogP contribution is -2.51. The molecule has 25 heavy (non-hydrogen) atoms.